The largest absolute Gasteiger partial charge is 0.444 e. The number of hydrogen-bond donors (Lipinski definition) is 2. The van der Waals surface area contributed by atoms with E-state index < -0.39 is 29.7 Å². The maximum Gasteiger partial charge on any atom is 0.408 e. The van der Waals surface area contributed by atoms with Gasteiger partial charge in [-0.25, -0.2) is 4.79 Å². The fourth-order valence-electron chi connectivity index (χ4n) is 4.01. The number of benzene rings is 2. The van der Waals surface area contributed by atoms with E-state index in [1.165, 1.54) is 4.90 Å². The molecule has 0 radical (unpaired) electrons. The molecule has 0 spiro atoms. The number of ether oxygens (including phenoxy) is 1. The summed E-state index contributed by atoms with van der Waals surface area (Å²) >= 11 is 0. The Hall–Kier alpha value is -3.79. The molecule has 0 aliphatic carbocycles. The minimum atomic E-state index is -0.999. The van der Waals surface area contributed by atoms with Crippen LogP contribution in [0.15, 0.2) is 54.6 Å². The van der Waals surface area contributed by atoms with Gasteiger partial charge in [0.2, 0.25) is 11.8 Å². The standard InChI is InChI=1S/C30H39N3O4/c1-9-23-17-13-14-18-24(23)26(27(34)31-20(2)3)33(21(4)5)28(35)25(19-22-15-11-10-12-16-22)32-29(36)37-30(6,7)8/h1,10-18,20-21,25-26H,19H2,2-8H3,(H,31,34)(H,32,36). The molecule has 0 aliphatic rings. The number of nitrogens with zero attached hydrogens (tertiary/aromatic N) is 1. The molecule has 0 saturated carbocycles. The smallest absolute Gasteiger partial charge is 0.408 e. The van der Waals surface area contributed by atoms with Crippen molar-refractivity contribution in [2.75, 3.05) is 0 Å². The maximum atomic E-state index is 14.2. The summed E-state index contributed by atoms with van der Waals surface area (Å²) in [6.45, 7) is 12.6. The Morgan fingerprint density at radius 1 is 0.946 bits per heavy atom. The van der Waals surface area contributed by atoms with Crippen LogP contribution >= 0.6 is 0 Å². The van der Waals surface area contributed by atoms with Crippen molar-refractivity contribution in [2.45, 2.75) is 84.7 Å². The zero-order chi connectivity index (χ0) is 27.8. The van der Waals surface area contributed by atoms with Crippen molar-refractivity contribution < 1.29 is 19.1 Å². The molecule has 3 amide bonds. The van der Waals surface area contributed by atoms with Crippen LogP contribution in [0.4, 0.5) is 4.79 Å². The Kier molecular flexibility index (Phi) is 10.3. The fraction of sp³-hybridized carbons (Fsp3) is 0.433. The molecule has 0 saturated heterocycles. The molecular weight excluding hydrogens is 466 g/mol. The predicted molar refractivity (Wildman–Crippen MR) is 146 cm³/mol. The Balaban J connectivity index is 2.58. The number of amides is 3. The van der Waals surface area contributed by atoms with Gasteiger partial charge in [-0.1, -0.05) is 54.5 Å². The van der Waals surface area contributed by atoms with Gasteiger partial charge in [0, 0.05) is 24.1 Å². The molecule has 7 nitrogen and oxygen atoms in total. The lowest BCUT2D eigenvalue weighted by Gasteiger charge is -2.38. The van der Waals surface area contributed by atoms with Gasteiger partial charge in [0.15, 0.2) is 0 Å². The number of carbonyl (C=O) groups excluding carboxylic acids is 3. The first-order valence-electron chi connectivity index (χ1n) is 12.6. The Bertz CT molecular complexity index is 1110. The quantitative estimate of drug-likeness (QED) is 0.488. The Labute approximate surface area is 221 Å². The SMILES string of the molecule is C#Cc1ccccc1C(C(=O)NC(C)C)N(C(=O)C(Cc1ccccc1)NC(=O)OC(C)(C)C)C(C)C. The number of nitrogens with one attached hydrogen (secondary N) is 2. The summed E-state index contributed by atoms with van der Waals surface area (Å²) in [6.07, 6.45) is 5.28. The third kappa shape index (κ3) is 8.68. The highest BCUT2D eigenvalue weighted by atomic mass is 16.6. The van der Waals surface area contributed by atoms with Crippen LogP contribution in [0.5, 0.6) is 0 Å². The van der Waals surface area contributed by atoms with Gasteiger partial charge in [-0.05, 0) is 65.7 Å². The third-order valence-corrected chi connectivity index (χ3v) is 5.45. The zero-order valence-corrected chi connectivity index (χ0v) is 22.9. The van der Waals surface area contributed by atoms with Gasteiger partial charge in [-0.15, -0.1) is 6.42 Å². The summed E-state index contributed by atoms with van der Waals surface area (Å²) in [7, 11) is 0. The molecule has 0 bridgehead atoms. The molecule has 7 heteroatoms. The molecule has 0 fully saturated rings. The number of alkyl carbamates (subject to hydrolysis) is 1. The Morgan fingerprint density at radius 3 is 2.08 bits per heavy atom. The minimum absolute atomic E-state index is 0.155. The monoisotopic (exact) mass is 505 g/mol. The summed E-state index contributed by atoms with van der Waals surface area (Å²) in [5.41, 5.74) is 1.17. The number of terminal acetylenes is 1. The maximum absolute atomic E-state index is 14.2. The van der Waals surface area contributed by atoms with Crippen LogP contribution < -0.4 is 10.6 Å². The Morgan fingerprint density at radius 2 is 1.54 bits per heavy atom. The first kappa shape index (κ1) is 29.4. The van der Waals surface area contributed by atoms with Crippen molar-refractivity contribution in [2.24, 2.45) is 0 Å². The van der Waals surface area contributed by atoms with E-state index in [0.717, 1.165) is 5.56 Å². The topological polar surface area (TPSA) is 87.7 Å². The minimum Gasteiger partial charge on any atom is -0.444 e. The lowest BCUT2D eigenvalue weighted by Crippen LogP contribution is -2.56. The summed E-state index contributed by atoms with van der Waals surface area (Å²) in [6, 6.07) is 13.9. The number of hydrogen-bond acceptors (Lipinski definition) is 4. The summed E-state index contributed by atoms with van der Waals surface area (Å²) in [5.74, 6) is 1.87. The van der Waals surface area contributed by atoms with Crippen LogP contribution in [0.2, 0.25) is 0 Å². The van der Waals surface area contributed by atoms with E-state index in [0.29, 0.717) is 11.1 Å². The fourth-order valence-corrected chi connectivity index (χ4v) is 4.01. The second-order valence-electron chi connectivity index (χ2n) is 10.5. The molecule has 2 rings (SSSR count). The molecule has 0 aliphatic heterocycles. The van der Waals surface area contributed by atoms with Crippen molar-refractivity contribution >= 4 is 17.9 Å². The van der Waals surface area contributed by atoms with Crippen LogP contribution in [0.1, 0.15) is 71.2 Å². The lowest BCUT2D eigenvalue weighted by atomic mass is 9.95. The van der Waals surface area contributed by atoms with E-state index in [1.807, 2.05) is 58.0 Å². The van der Waals surface area contributed by atoms with Crippen molar-refractivity contribution in [1.82, 2.24) is 15.5 Å². The highest BCUT2D eigenvalue weighted by Gasteiger charge is 2.38. The van der Waals surface area contributed by atoms with Crippen LogP contribution in [0.25, 0.3) is 0 Å². The summed E-state index contributed by atoms with van der Waals surface area (Å²) < 4.78 is 5.45. The van der Waals surface area contributed by atoms with E-state index in [9.17, 15) is 14.4 Å². The molecular formula is C30H39N3O4. The van der Waals surface area contributed by atoms with Crippen LogP contribution in [0.3, 0.4) is 0 Å². The average Bonchev–Trinajstić information content (AvgIpc) is 2.80. The highest BCUT2D eigenvalue weighted by molar-refractivity contribution is 5.93. The number of rotatable bonds is 9. The molecule has 2 aromatic rings. The summed E-state index contributed by atoms with van der Waals surface area (Å²) in [5, 5.41) is 5.68. The lowest BCUT2D eigenvalue weighted by molar-refractivity contribution is -0.144. The van der Waals surface area contributed by atoms with Crippen molar-refractivity contribution in [1.29, 1.82) is 0 Å². The first-order chi connectivity index (χ1) is 17.3. The van der Waals surface area contributed by atoms with E-state index in [1.54, 1.807) is 45.0 Å². The van der Waals surface area contributed by atoms with Crippen LogP contribution in [-0.4, -0.2) is 46.5 Å². The molecule has 2 aromatic carbocycles. The molecule has 0 aromatic heterocycles. The van der Waals surface area contributed by atoms with Gasteiger partial charge in [0.25, 0.3) is 0 Å². The van der Waals surface area contributed by atoms with E-state index in [2.05, 4.69) is 16.6 Å². The summed E-state index contributed by atoms with van der Waals surface area (Å²) in [4.78, 5) is 42.1. The van der Waals surface area contributed by atoms with Crippen LogP contribution in [0, 0.1) is 12.3 Å². The van der Waals surface area contributed by atoms with Crippen molar-refractivity contribution in [3.63, 3.8) is 0 Å². The molecule has 198 valence electrons. The van der Waals surface area contributed by atoms with E-state index in [4.69, 9.17) is 11.2 Å². The number of carbonyl (C=O) groups is 3. The molecule has 2 atom stereocenters. The molecule has 37 heavy (non-hydrogen) atoms. The second kappa shape index (κ2) is 13.0. The van der Waals surface area contributed by atoms with Gasteiger partial charge in [0.05, 0.1) is 0 Å². The predicted octanol–water partition coefficient (Wildman–Crippen LogP) is 4.61. The molecule has 2 N–H and O–H groups in total. The van der Waals surface area contributed by atoms with Gasteiger partial charge in [-0.2, -0.15) is 0 Å². The normalized spacial score (nSPS) is 12.9. The van der Waals surface area contributed by atoms with Crippen molar-refractivity contribution in [3.8, 4) is 12.3 Å². The zero-order valence-electron chi connectivity index (χ0n) is 22.9. The first-order valence-corrected chi connectivity index (χ1v) is 12.6. The van der Waals surface area contributed by atoms with Crippen LogP contribution in [-0.2, 0) is 20.7 Å². The second-order valence-corrected chi connectivity index (χ2v) is 10.5. The van der Waals surface area contributed by atoms with Gasteiger partial charge in [-0.3, -0.25) is 9.59 Å². The van der Waals surface area contributed by atoms with E-state index in [-0.39, 0.29) is 24.4 Å². The molecule has 0 heterocycles. The highest BCUT2D eigenvalue weighted by Crippen LogP contribution is 2.28. The van der Waals surface area contributed by atoms with Gasteiger partial charge < -0.3 is 20.3 Å². The molecule has 2 unspecified atom stereocenters. The van der Waals surface area contributed by atoms with Gasteiger partial charge in [0.1, 0.15) is 17.7 Å². The third-order valence-electron chi connectivity index (χ3n) is 5.45. The van der Waals surface area contributed by atoms with Gasteiger partial charge >= 0.3 is 6.09 Å². The van der Waals surface area contributed by atoms with Crippen molar-refractivity contribution in [3.05, 3.63) is 71.3 Å². The average molecular weight is 506 g/mol. The van der Waals surface area contributed by atoms with E-state index >= 15 is 0 Å².